The fourth-order valence-corrected chi connectivity index (χ4v) is 4.25. The van der Waals surface area contributed by atoms with Crippen LogP contribution in [-0.4, -0.2) is 23.1 Å². The molecule has 4 N–H and O–H groups in total. The predicted octanol–water partition coefficient (Wildman–Crippen LogP) is 5.66. The second-order valence-corrected chi connectivity index (χ2v) is 8.26. The molecule has 0 saturated carbocycles. The number of fused-ring (bicyclic) bond motifs is 1. The number of nitrogen functional groups attached to an aromatic ring is 1. The summed E-state index contributed by atoms with van der Waals surface area (Å²) in [4.78, 5) is 21.6. The highest BCUT2D eigenvalue weighted by Gasteiger charge is 2.14. The average Bonchev–Trinajstić information content (AvgIpc) is 3.16. The molecule has 0 atom stereocenters. The first-order chi connectivity index (χ1) is 14.5. The summed E-state index contributed by atoms with van der Waals surface area (Å²) in [5, 5.41) is 8.46. The lowest BCUT2D eigenvalue weighted by molar-refractivity contribution is 0.262. The molecule has 4 aromatic rings. The number of aromatic nitrogens is 2. The molecule has 2 amide bonds. The number of carbonyl (C=O) groups excluding carboxylic acids is 1. The Morgan fingerprint density at radius 2 is 2.00 bits per heavy atom. The molecule has 0 bridgehead atoms. The van der Waals surface area contributed by atoms with Crippen LogP contribution in [0.15, 0.2) is 52.6 Å². The van der Waals surface area contributed by atoms with Gasteiger partial charge in [0.2, 0.25) is 0 Å². The van der Waals surface area contributed by atoms with Gasteiger partial charge < -0.3 is 21.1 Å². The van der Waals surface area contributed by atoms with Gasteiger partial charge in [-0.25, -0.2) is 14.8 Å². The Labute approximate surface area is 185 Å². The first-order valence-electron chi connectivity index (χ1n) is 8.96. The second-order valence-electron chi connectivity index (χ2n) is 6.55. The number of carbonyl (C=O) groups is 1. The van der Waals surface area contributed by atoms with E-state index in [0.717, 1.165) is 31.4 Å². The van der Waals surface area contributed by atoms with Gasteiger partial charge in [0, 0.05) is 21.1 Å². The highest BCUT2D eigenvalue weighted by atomic mass is 79.9. The quantitative estimate of drug-likeness (QED) is 0.347. The monoisotopic (exact) mass is 483 g/mol. The largest absolute Gasteiger partial charge is 0.495 e. The van der Waals surface area contributed by atoms with Gasteiger partial charge in [-0.05, 0) is 48.4 Å². The molecule has 0 saturated heterocycles. The van der Waals surface area contributed by atoms with Crippen molar-refractivity contribution in [1.82, 2.24) is 9.97 Å². The number of nitrogens with zero attached hydrogens (tertiary/aromatic N) is 2. The molecule has 9 heteroatoms. The van der Waals surface area contributed by atoms with E-state index in [-0.39, 0.29) is 6.03 Å². The zero-order valence-electron chi connectivity index (χ0n) is 16.2. The minimum absolute atomic E-state index is 0.360. The van der Waals surface area contributed by atoms with Crippen LogP contribution < -0.4 is 21.1 Å². The predicted molar refractivity (Wildman–Crippen MR) is 125 cm³/mol. The number of amides is 2. The van der Waals surface area contributed by atoms with Crippen molar-refractivity contribution in [3.63, 3.8) is 0 Å². The summed E-state index contributed by atoms with van der Waals surface area (Å²) in [5.41, 5.74) is 10.2. The number of anilines is 3. The van der Waals surface area contributed by atoms with Crippen molar-refractivity contribution in [1.29, 1.82) is 0 Å². The molecule has 4 rings (SSSR count). The number of hydrogen-bond acceptors (Lipinski definition) is 6. The van der Waals surface area contributed by atoms with Crippen LogP contribution in [0.5, 0.6) is 5.75 Å². The third-order valence-corrected chi connectivity index (χ3v) is 6.35. The van der Waals surface area contributed by atoms with Crippen molar-refractivity contribution < 1.29 is 9.53 Å². The van der Waals surface area contributed by atoms with Crippen LogP contribution in [0, 0.1) is 6.92 Å². The van der Waals surface area contributed by atoms with Crippen molar-refractivity contribution >= 4 is 60.7 Å². The number of benzene rings is 2. The number of urea groups is 1. The second kappa shape index (κ2) is 8.29. The molecule has 0 unspecified atom stereocenters. The van der Waals surface area contributed by atoms with E-state index in [1.165, 1.54) is 17.7 Å². The third kappa shape index (κ3) is 3.94. The molecule has 0 aliphatic carbocycles. The molecule has 0 aliphatic rings. The Balaban J connectivity index is 1.59. The van der Waals surface area contributed by atoms with E-state index in [2.05, 4.69) is 36.5 Å². The van der Waals surface area contributed by atoms with E-state index in [4.69, 9.17) is 10.5 Å². The SMILES string of the molecule is COc1cc(-c2csc3ncnc(N)c23)ccc1NC(=O)Nc1ccc(Br)c(C)c1. The van der Waals surface area contributed by atoms with Crippen LogP contribution in [0.25, 0.3) is 21.3 Å². The van der Waals surface area contributed by atoms with Crippen LogP contribution in [0.2, 0.25) is 0 Å². The fourth-order valence-electron chi connectivity index (χ4n) is 3.08. The summed E-state index contributed by atoms with van der Waals surface area (Å²) >= 11 is 4.95. The molecule has 2 heterocycles. The normalized spacial score (nSPS) is 10.8. The van der Waals surface area contributed by atoms with E-state index in [1.54, 1.807) is 13.2 Å². The van der Waals surface area contributed by atoms with Crippen LogP contribution in [0.4, 0.5) is 22.0 Å². The van der Waals surface area contributed by atoms with Crippen LogP contribution in [0.3, 0.4) is 0 Å². The molecule has 2 aromatic carbocycles. The number of hydrogen-bond donors (Lipinski definition) is 3. The number of rotatable bonds is 4. The minimum atomic E-state index is -0.360. The molecule has 7 nitrogen and oxygen atoms in total. The maximum Gasteiger partial charge on any atom is 0.323 e. The first-order valence-corrected chi connectivity index (χ1v) is 10.6. The molecule has 30 heavy (non-hydrogen) atoms. The molecule has 0 radical (unpaired) electrons. The van der Waals surface area contributed by atoms with Crippen LogP contribution in [0.1, 0.15) is 5.56 Å². The van der Waals surface area contributed by atoms with Crippen molar-refractivity contribution in [2.24, 2.45) is 0 Å². The number of halogens is 1. The van der Waals surface area contributed by atoms with E-state index in [9.17, 15) is 4.79 Å². The Morgan fingerprint density at radius 3 is 2.77 bits per heavy atom. The van der Waals surface area contributed by atoms with Gasteiger partial charge in [0.1, 0.15) is 22.7 Å². The van der Waals surface area contributed by atoms with Crippen LogP contribution >= 0.6 is 27.3 Å². The summed E-state index contributed by atoms with van der Waals surface area (Å²) in [6, 6.07) is 10.8. The number of aryl methyl sites for hydroxylation is 1. The molecule has 152 valence electrons. The summed E-state index contributed by atoms with van der Waals surface area (Å²) in [5.74, 6) is 0.964. The minimum Gasteiger partial charge on any atom is -0.495 e. The average molecular weight is 484 g/mol. The Morgan fingerprint density at radius 1 is 1.17 bits per heavy atom. The van der Waals surface area contributed by atoms with Gasteiger partial charge >= 0.3 is 6.03 Å². The lowest BCUT2D eigenvalue weighted by Gasteiger charge is -2.13. The first kappa shape index (κ1) is 20.1. The Hall–Kier alpha value is -3.17. The number of ether oxygens (including phenoxy) is 1. The molecule has 0 fully saturated rings. The Kier molecular flexibility index (Phi) is 5.56. The highest BCUT2D eigenvalue weighted by Crippen LogP contribution is 2.38. The van der Waals surface area contributed by atoms with Gasteiger partial charge in [0.15, 0.2) is 0 Å². The van der Waals surface area contributed by atoms with Gasteiger partial charge in [-0.15, -0.1) is 11.3 Å². The Bertz CT molecular complexity index is 1260. The molecular weight excluding hydrogens is 466 g/mol. The topological polar surface area (TPSA) is 102 Å². The third-order valence-electron chi connectivity index (χ3n) is 4.58. The van der Waals surface area contributed by atoms with Crippen molar-refractivity contribution in [3.05, 3.63) is 58.1 Å². The van der Waals surface area contributed by atoms with Crippen molar-refractivity contribution in [2.45, 2.75) is 6.92 Å². The zero-order valence-corrected chi connectivity index (χ0v) is 18.6. The van der Waals surface area contributed by atoms with Crippen molar-refractivity contribution in [3.8, 4) is 16.9 Å². The zero-order chi connectivity index (χ0) is 21.3. The number of nitrogens with two attached hydrogens (primary N) is 1. The smallest absolute Gasteiger partial charge is 0.323 e. The van der Waals surface area contributed by atoms with E-state index >= 15 is 0 Å². The van der Waals surface area contributed by atoms with Crippen LogP contribution in [-0.2, 0) is 0 Å². The highest BCUT2D eigenvalue weighted by molar-refractivity contribution is 9.10. The summed E-state index contributed by atoms with van der Waals surface area (Å²) in [6.45, 7) is 1.96. The maximum absolute atomic E-state index is 12.5. The lowest BCUT2D eigenvalue weighted by Crippen LogP contribution is -2.19. The maximum atomic E-state index is 12.5. The van der Waals surface area contributed by atoms with Gasteiger partial charge in [0.25, 0.3) is 0 Å². The number of thiophene rings is 1. The molecule has 2 aromatic heterocycles. The summed E-state index contributed by atoms with van der Waals surface area (Å²) < 4.78 is 6.49. The van der Waals surface area contributed by atoms with E-state index in [0.29, 0.717) is 22.9 Å². The van der Waals surface area contributed by atoms with Gasteiger partial charge in [-0.3, -0.25) is 0 Å². The summed E-state index contributed by atoms with van der Waals surface area (Å²) in [6.07, 6.45) is 1.46. The molecular formula is C21H18BrN5O2S. The number of nitrogens with one attached hydrogen (secondary N) is 2. The van der Waals surface area contributed by atoms with Gasteiger partial charge in [0.05, 0.1) is 18.2 Å². The molecule has 0 spiro atoms. The van der Waals surface area contributed by atoms with Gasteiger partial charge in [-0.1, -0.05) is 22.0 Å². The van der Waals surface area contributed by atoms with E-state index < -0.39 is 0 Å². The number of methoxy groups -OCH3 is 1. The molecule has 0 aliphatic heterocycles. The van der Waals surface area contributed by atoms with Crippen molar-refractivity contribution in [2.75, 3.05) is 23.5 Å². The lowest BCUT2D eigenvalue weighted by atomic mass is 10.0. The fraction of sp³-hybridized carbons (Fsp3) is 0.0952. The standard InChI is InChI=1S/C21H18BrN5O2S/c1-11-7-13(4-5-15(11)22)26-21(28)27-16-6-3-12(8-17(16)29-2)14-9-30-20-18(14)19(23)24-10-25-20/h3-10H,1-2H3,(H2,23,24,25)(H2,26,27,28). The summed E-state index contributed by atoms with van der Waals surface area (Å²) in [7, 11) is 1.56. The van der Waals surface area contributed by atoms with E-state index in [1.807, 2.05) is 42.6 Å². The van der Waals surface area contributed by atoms with Gasteiger partial charge in [-0.2, -0.15) is 0 Å².